The van der Waals surface area contributed by atoms with Crippen molar-refractivity contribution in [2.24, 2.45) is 0 Å². The summed E-state index contributed by atoms with van der Waals surface area (Å²) in [7, 11) is 7.09. The van der Waals surface area contributed by atoms with Crippen LogP contribution >= 0.6 is 0 Å². The van der Waals surface area contributed by atoms with Crippen LogP contribution in [0.4, 0.5) is 13.2 Å². The van der Waals surface area contributed by atoms with Gasteiger partial charge in [0.1, 0.15) is 6.17 Å². The summed E-state index contributed by atoms with van der Waals surface area (Å²) in [6.45, 7) is 4.94. The number of hydrogen-bond acceptors (Lipinski definition) is 4. The minimum absolute atomic E-state index is 0.0127. The maximum Gasteiger partial charge on any atom is 0.250 e. The molecule has 1 aliphatic heterocycles. The molecule has 1 N–H and O–H groups in total. The largest absolute Gasteiger partial charge is 0.380 e. The number of halogens is 3. The van der Waals surface area contributed by atoms with Crippen LogP contribution in [0.15, 0.2) is 0 Å². The van der Waals surface area contributed by atoms with Gasteiger partial charge in [-0.05, 0) is 34.0 Å². The Morgan fingerprint density at radius 1 is 1.21 bits per heavy atom. The molecule has 7 heteroatoms. The molecule has 1 saturated carbocycles. The van der Waals surface area contributed by atoms with Crippen LogP contribution in [-0.2, 0) is 9.47 Å². The van der Waals surface area contributed by atoms with E-state index in [0.717, 1.165) is 6.42 Å². The van der Waals surface area contributed by atoms with Gasteiger partial charge in [-0.3, -0.25) is 0 Å². The predicted octanol–water partition coefficient (Wildman–Crippen LogP) is 3.11. The van der Waals surface area contributed by atoms with Crippen molar-refractivity contribution in [1.82, 2.24) is 10.2 Å². The van der Waals surface area contributed by atoms with E-state index in [1.54, 1.807) is 7.05 Å². The summed E-state index contributed by atoms with van der Waals surface area (Å²) in [5.74, 6) is -2.53. The van der Waals surface area contributed by atoms with Gasteiger partial charge in [-0.1, -0.05) is 13.8 Å². The molecule has 0 aromatic rings. The lowest BCUT2D eigenvalue weighted by atomic mass is 9.89. The van der Waals surface area contributed by atoms with Gasteiger partial charge >= 0.3 is 0 Å². The molecule has 24 heavy (non-hydrogen) atoms. The van der Waals surface area contributed by atoms with Crippen LogP contribution in [0.1, 0.15) is 39.5 Å². The number of nitrogens with one attached hydrogen (secondary N) is 1. The van der Waals surface area contributed by atoms with Crippen molar-refractivity contribution in [2.75, 3.05) is 41.5 Å². The van der Waals surface area contributed by atoms with E-state index in [0.29, 0.717) is 13.0 Å². The van der Waals surface area contributed by atoms with Crippen molar-refractivity contribution in [3.8, 4) is 0 Å². The first kappa shape index (κ1) is 23.6. The third kappa shape index (κ3) is 8.14. The molecule has 1 saturated heterocycles. The first-order valence-corrected chi connectivity index (χ1v) is 8.77. The Hall–Kier alpha value is -0.370. The molecule has 2 aliphatic rings. The Morgan fingerprint density at radius 3 is 2.25 bits per heavy atom. The van der Waals surface area contributed by atoms with Crippen molar-refractivity contribution >= 4 is 0 Å². The number of methoxy groups -OCH3 is 1. The normalized spacial score (nSPS) is 32.2. The summed E-state index contributed by atoms with van der Waals surface area (Å²) in [6.07, 6.45) is -0.0133. The second kappa shape index (κ2) is 12.1. The van der Waals surface area contributed by atoms with Crippen LogP contribution in [0.25, 0.3) is 0 Å². The lowest BCUT2D eigenvalue weighted by molar-refractivity contribution is -0.112. The van der Waals surface area contributed by atoms with Crippen molar-refractivity contribution in [1.29, 1.82) is 0 Å². The predicted molar refractivity (Wildman–Crippen MR) is 91.6 cm³/mol. The van der Waals surface area contributed by atoms with Gasteiger partial charge < -0.3 is 19.7 Å². The summed E-state index contributed by atoms with van der Waals surface area (Å²) in [5.41, 5.74) is 0. The molecule has 1 aliphatic carbocycles. The van der Waals surface area contributed by atoms with E-state index >= 15 is 0 Å². The number of hydrogen-bond donors (Lipinski definition) is 1. The third-order valence-corrected chi connectivity index (χ3v) is 4.36. The minimum atomic E-state index is -2.53. The van der Waals surface area contributed by atoms with Gasteiger partial charge in [0.05, 0.1) is 12.7 Å². The molecule has 1 heterocycles. The highest BCUT2D eigenvalue weighted by Crippen LogP contribution is 2.35. The number of likely N-dealkylation sites (N-methyl/N-ethyl adjacent to an activating group) is 1. The van der Waals surface area contributed by atoms with Crippen molar-refractivity contribution < 1.29 is 22.6 Å². The maximum atomic E-state index is 13.0. The molecular formula is C17H35F3N2O2. The molecule has 2 rings (SSSR count). The monoisotopic (exact) mass is 356 g/mol. The third-order valence-electron chi connectivity index (χ3n) is 4.36. The number of alkyl halides is 3. The number of ether oxygens (including phenoxy) is 2. The maximum absolute atomic E-state index is 13.0. The van der Waals surface area contributed by atoms with Crippen molar-refractivity contribution in [2.45, 2.75) is 69.8 Å². The fourth-order valence-corrected chi connectivity index (χ4v) is 2.94. The zero-order valence-electron chi connectivity index (χ0n) is 15.9. The van der Waals surface area contributed by atoms with Crippen LogP contribution in [0, 0.1) is 0 Å². The summed E-state index contributed by atoms with van der Waals surface area (Å²) in [4.78, 5) is 1.96. The lowest BCUT2D eigenvalue weighted by Gasteiger charge is -2.38. The molecule has 146 valence electrons. The Labute approximate surface area is 145 Å². The van der Waals surface area contributed by atoms with Crippen LogP contribution in [-0.4, -0.2) is 76.6 Å². The Morgan fingerprint density at radius 2 is 1.83 bits per heavy atom. The fraction of sp³-hybridized carbons (Fsp3) is 1.00. The van der Waals surface area contributed by atoms with Gasteiger partial charge in [-0.25, -0.2) is 13.2 Å². The molecule has 0 aromatic heterocycles. The van der Waals surface area contributed by atoms with Crippen molar-refractivity contribution in [3.05, 3.63) is 0 Å². The Balaban J connectivity index is 0.000000420. The van der Waals surface area contributed by atoms with E-state index in [1.807, 2.05) is 32.8 Å². The number of rotatable bonds is 3. The van der Waals surface area contributed by atoms with Gasteiger partial charge in [-0.15, -0.1) is 0 Å². The SMILES string of the molecule is CC.CNC1CCOCC1F.COC1CC(F)(F)CCC1N(C)C. The molecular weight excluding hydrogens is 321 g/mol. The fourth-order valence-electron chi connectivity index (χ4n) is 2.94. The lowest BCUT2D eigenvalue weighted by Crippen LogP contribution is -2.47. The molecule has 0 aromatic carbocycles. The quantitative estimate of drug-likeness (QED) is 0.842. The summed E-state index contributed by atoms with van der Waals surface area (Å²) >= 11 is 0. The van der Waals surface area contributed by atoms with Crippen molar-refractivity contribution in [3.63, 3.8) is 0 Å². The average molecular weight is 356 g/mol. The standard InChI is InChI=1S/C9H17F2NO.C6H12FNO.C2H6/c1-12(2)7-4-5-9(10,11)6-8(7)13-3;1-8-6-2-3-9-4-5(6)7;1-2/h7-8H,4-6H2,1-3H3;5-6,8H,2-4H2,1H3;1-2H3. The topological polar surface area (TPSA) is 33.7 Å². The second-order valence-corrected chi connectivity index (χ2v) is 6.18. The van der Waals surface area contributed by atoms with Gasteiger partial charge in [0.2, 0.25) is 0 Å². The molecule has 0 bridgehead atoms. The summed E-state index contributed by atoms with van der Waals surface area (Å²) in [6, 6.07) is 0.142. The van der Waals surface area contributed by atoms with E-state index in [9.17, 15) is 13.2 Å². The molecule has 0 radical (unpaired) electrons. The Kier molecular flexibility index (Phi) is 11.9. The zero-order chi connectivity index (χ0) is 18.8. The highest BCUT2D eigenvalue weighted by molar-refractivity contribution is 4.89. The summed E-state index contributed by atoms with van der Waals surface area (Å²) < 4.78 is 48.6. The second-order valence-electron chi connectivity index (χ2n) is 6.18. The Bertz CT molecular complexity index is 320. The first-order chi connectivity index (χ1) is 11.3. The molecule has 4 atom stereocenters. The van der Waals surface area contributed by atoms with E-state index in [4.69, 9.17) is 9.47 Å². The molecule has 4 unspecified atom stereocenters. The molecule has 0 amide bonds. The highest BCUT2D eigenvalue weighted by atomic mass is 19.3. The summed E-state index contributed by atoms with van der Waals surface area (Å²) in [5, 5.41) is 2.90. The highest BCUT2D eigenvalue weighted by Gasteiger charge is 2.42. The van der Waals surface area contributed by atoms with E-state index < -0.39 is 12.1 Å². The smallest absolute Gasteiger partial charge is 0.250 e. The van der Waals surface area contributed by atoms with E-state index in [2.05, 4.69) is 5.32 Å². The minimum Gasteiger partial charge on any atom is -0.380 e. The van der Waals surface area contributed by atoms with Gasteiger partial charge in [-0.2, -0.15) is 0 Å². The first-order valence-electron chi connectivity index (χ1n) is 8.77. The van der Waals surface area contributed by atoms with Crippen LogP contribution in [0.3, 0.4) is 0 Å². The molecule has 0 spiro atoms. The van der Waals surface area contributed by atoms with E-state index in [-0.39, 0.29) is 37.6 Å². The van der Waals surface area contributed by atoms with Crippen LogP contribution in [0.2, 0.25) is 0 Å². The molecule has 2 fully saturated rings. The van der Waals surface area contributed by atoms with E-state index in [1.165, 1.54) is 7.11 Å². The van der Waals surface area contributed by atoms with Crippen LogP contribution < -0.4 is 5.32 Å². The van der Waals surface area contributed by atoms with Gasteiger partial charge in [0.15, 0.2) is 0 Å². The van der Waals surface area contributed by atoms with Crippen LogP contribution in [0.5, 0.6) is 0 Å². The molecule has 4 nitrogen and oxygen atoms in total. The van der Waals surface area contributed by atoms with Gasteiger partial charge in [0.25, 0.3) is 5.92 Å². The van der Waals surface area contributed by atoms with Gasteiger partial charge in [0, 0.05) is 38.6 Å². The zero-order valence-corrected chi connectivity index (χ0v) is 15.9. The number of nitrogens with zero attached hydrogens (tertiary/aromatic N) is 1. The average Bonchev–Trinajstić information content (AvgIpc) is 2.56.